The van der Waals surface area contributed by atoms with Crippen LogP contribution in [0.2, 0.25) is 0 Å². The summed E-state index contributed by atoms with van der Waals surface area (Å²) < 4.78 is 33.1. The number of rotatable bonds is 32. The van der Waals surface area contributed by atoms with Gasteiger partial charge in [0.25, 0.3) is 0 Å². The monoisotopic (exact) mass is 605 g/mol. The lowest BCUT2D eigenvalue weighted by molar-refractivity contribution is -0.154. The fourth-order valence-electron chi connectivity index (χ4n) is 4.46. The Hall–Kier alpha value is -0.760. The molecule has 0 aliphatic heterocycles. The smallest absolute Gasteiger partial charge is 0.457 e. The van der Waals surface area contributed by atoms with Crippen molar-refractivity contribution in [2.45, 2.75) is 155 Å². The number of nitrogens with two attached hydrogens (primary N) is 1. The lowest BCUT2D eigenvalue weighted by Crippen LogP contribution is -2.28. The molecule has 0 rings (SSSR count). The normalized spacial score (nSPS) is 14.0. The Labute approximate surface area is 252 Å². The fourth-order valence-corrected chi connectivity index (χ4v) is 5.23. The number of esters is 1. The molecule has 0 heterocycles. The van der Waals surface area contributed by atoms with Crippen molar-refractivity contribution in [1.82, 2.24) is 0 Å². The highest BCUT2D eigenvalue weighted by atomic mass is 31.2. The van der Waals surface area contributed by atoms with Gasteiger partial charge in [-0.3, -0.25) is 13.8 Å². The van der Waals surface area contributed by atoms with E-state index in [1.54, 1.807) is 0 Å². The van der Waals surface area contributed by atoms with E-state index in [0.717, 1.165) is 44.9 Å². The first-order chi connectivity index (χ1) is 19.9. The van der Waals surface area contributed by atoms with Crippen molar-refractivity contribution < 1.29 is 32.8 Å². The Morgan fingerprint density at radius 1 is 0.707 bits per heavy atom. The van der Waals surface area contributed by atoms with E-state index >= 15 is 0 Å². The van der Waals surface area contributed by atoms with Gasteiger partial charge in [-0.1, -0.05) is 116 Å². The highest BCUT2D eigenvalue weighted by Gasteiger charge is 2.25. The van der Waals surface area contributed by atoms with Crippen LogP contribution in [0, 0.1) is 0 Å². The van der Waals surface area contributed by atoms with Crippen LogP contribution in [0.5, 0.6) is 0 Å². The molecule has 0 radical (unpaired) electrons. The SMILES string of the molecule is CCCCCCC/C=C\CCCCCCCC(=O)OC(COCCCCCCCCCC)COP(=O)(O)OCCN. The third kappa shape index (κ3) is 30.5. The second-order valence-electron chi connectivity index (χ2n) is 11.0. The molecule has 8 nitrogen and oxygen atoms in total. The summed E-state index contributed by atoms with van der Waals surface area (Å²) in [6.07, 6.45) is 27.9. The number of phosphoric acid groups is 1. The highest BCUT2D eigenvalue weighted by molar-refractivity contribution is 7.47. The van der Waals surface area contributed by atoms with Gasteiger partial charge in [-0.15, -0.1) is 0 Å². The zero-order valence-electron chi connectivity index (χ0n) is 26.5. The first kappa shape index (κ1) is 40.2. The number of carbonyl (C=O) groups excluding carboxylic acids is 1. The Bertz CT molecular complexity index is 648. The van der Waals surface area contributed by atoms with Gasteiger partial charge in [0, 0.05) is 19.6 Å². The Kier molecular flexibility index (Phi) is 30.1. The molecule has 0 aromatic rings. The maximum absolute atomic E-state index is 12.4. The van der Waals surface area contributed by atoms with Crippen molar-refractivity contribution in [3.05, 3.63) is 12.2 Å². The minimum Gasteiger partial charge on any atom is -0.457 e. The van der Waals surface area contributed by atoms with E-state index in [9.17, 15) is 14.3 Å². The maximum atomic E-state index is 12.4. The van der Waals surface area contributed by atoms with Gasteiger partial charge in [-0.2, -0.15) is 0 Å². The molecule has 41 heavy (non-hydrogen) atoms. The van der Waals surface area contributed by atoms with E-state index in [2.05, 4.69) is 26.0 Å². The molecule has 2 unspecified atom stereocenters. The van der Waals surface area contributed by atoms with Crippen LogP contribution in [-0.4, -0.2) is 49.9 Å². The van der Waals surface area contributed by atoms with Crippen LogP contribution in [0.15, 0.2) is 12.2 Å². The molecule has 0 aliphatic rings. The summed E-state index contributed by atoms with van der Waals surface area (Å²) in [5, 5.41) is 0. The van der Waals surface area contributed by atoms with Gasteiger partial charge in [-0.25, -0.2) is 4.57 Å². The summed E-state index contributed by atoms with van der Waals surface area (Å²) in [6, 6.07) is 0. The minimum absolute atomic E-state index is 0.0947. The van der Waals surface area contributed by atoms with Crippen molar-refractivity contribution >= 4 is 13.8 Å². The first-order valence-electron chi connectivity index (χ1n) is 16.7. The van der Waals surface area contributed by atoms with Gasteiger partial charge < -0.3 is 20.1 Å². The molecule has 0 spiro atoms. The molecule has 0 bridgehead atoms. The second-order valence-corrected chi connectivity index (χ2v) is 12.5. The lowest BCUT2D eigenvalue weighted by Gasteiger charge is -2.20. The molecule has 2 atom stereocenters. The molecule has 9 heteroatoms. The van der Waals surface area contributed by atoms with Gasteiger partial charge in [-0.05, 0) is 38.5 Å². The number of phosphoric ester groups is 1. The molecule has 0 amide bonds. The molecular formula is C32H64NO7P. The van der Waals surface area contributed by atoms with Gasteiger partial charge >= 0.3 is 13.8 Å². The van der Waals surface area contributed by atoms with Crippen molar-refractivity contribution in [2.75, 3.05) is 33.0 Å². The van der Waals surface area contributed by atoms with Crippen LogP contribution < -0.4 is 5.73 Å². The van der Waals surface area contributed by atoms with Crippen LogP contribution in [0.1, 0.15) is 149 Å². The van der Waals surface area contributed by atoms with Gasteiger partial charge in [0.1, 0.15) is 6.10 Å². The quantitative estimate of drug-likeness (QED) is 0.0338. The fraction of sp³-hybridized carbons (Fsp3) is 0.906. The largest absolute Gasteiger partial charge is 0.472 e. The summed E-state index contributed by atoms with van der Waals surface area (Å²) in [5.41, 5.74) is 5.32. The average Bonchev–Trinajstić information content (AvgIpc) is 2.96. The molecule has 0 saturated heterocycles. The van der Waals surface area contributed by atoms with Crippen LogP contribution in [0.3, 0.4) is 0 Å². The van der Waals surface area contributed by atoms with Crippen molar-refractivity contribution in [2.24, 2.45) is 5.73 Å². The molecule has 244 valence electrons. The predicted molar refractivity (Wildman–Crippen MR) is 169 cm³/mol. The number of allylic oxidation sites excluding steroid dienone is 2. The van der Waals surface area contributed by atoms with Crippen LogP contribution in [0.25, 0.3) is 0 Å². The Morgan fingerprint density at radius 2 is 1.22 bits per heavy atom. The number of carbonyl (C=O) groups is 1. The summed E-state index contributed by atoms with van der Waals surface area (Å²) >= 11 is 0. The van der Waals surface area contributed by atoms with E-state index in [4.69, 9.17) is 24.3 Å². The van der Waals surface area contributed by atoms with Gasteiger partial charge in [0.05, 0.1) is 19.8 Å². The molecule has 0 aromatic heterocycles. The van der Waals surface area contributed by atoms with Gasteiger partial charge in [0.15, 0.2) is 0 Å². The van der Waals surface area contributed by atoms with E-state index < -0.39 is 13.9 Å². The van der Waals surface area contributed by atoms with E-state index in [0.29, 0.717) is 13.0 Å². The summed E-state index contributed by atoms with van der Waals surface area (Å²) in [5.74, 6) is -0.341. The number of hydrogen-bond donors (Lipinski definition) is 2. The first-order valence-corrected chi connectivity index (χ1v) is 18.2. The van der Waals surface area contributed by atoms with Crippen LogP contribution in [-0.2, 0) is 27.9 Å². The third-order valence-corrected chi connectivity index (χ3v) is 7.92. The summed E-state index contributed by atoms with van der Waals surface area (Å²) in [4.78, 5) is 22.2. The highest BCUT2D eigenvalue weighted by Crippen LogP contribution is 2.43. The zero-order chi connectivity index (χ0) is 30.3. The molecule has 0 aliphatic carbocycles. The van der Waals surface area contributed by atoms with E-state index in [1.807, 2.05) is 0 Å². The lowest BCUT2D eigenvalue weighted by atomic mass is 10.1. The number of unbranched alkanes of at least 4 members (excludes halogenated alkanes) is 17. The standard InChI is InChI=1S/C32H64NO7P/c1-3-5-7-9-11-13-14-15-16-17-18-19-21-23-25-32(34)40-31(30-39-41(35,36)38-28-26-33)29-37-27-24-22-20-12-10-8-6-4-2/h14-15,31H,3-13,16-30,33H2,1-2H3,(H,35,36)/b15-14-. The molecule has 3 N–H and O–H groups in total. The minimum atomic E-state index is -4.26. The van der Waals surface area contributed by atoms with Crippen molar-refractivity contribution in [3.63, 3.8) is 0 Å². The Morgan fingerprint density at radius 3 is 1.78 bits per heavy atom. The summed E-state index contributed by atoms with van der Waals surface area (Å²) in [6.45, 7) is 4.87. The molecule has 0 fully saturated rings. The van der Waals surface area contributed by atoms with Gasteiger partial charge in [0.2, 0.25) is 0 Å². The predicted octanol–water partition coefficient (Wildman–Crippen LogP) is 8.80. The number of ether oxygens (including phenoxy) is 2. The third-order valence-electron chi connectivity index (χ3n) is 6.93. The van der Waals surface area contributed by atoms with Crippen LogP contribution >= 0.6 is 7.82 Å². The van der Waals surface area contributed by atoms with Crippen LogP contribution in [0.4, 0.5) is 0 Å². The topological polar surface area (TPSA) is 117 Å². The average molecular weight is 606 g/mol. The molecular weight excluding hydrogens is 541 g/mol. The van der Waals surface area contributed by atoms with Crippen molar-refractivity contribution in [3.8, 4) is 0 Å². The summed E-state index contributed by atoms with van der Waals surface area (Å²) in [7, 11) is -4.26. The molecule has 0 aromatic carbocycles. The Balaban J connectivity index is 4.13. The van der Waals surface area contributed by atoms with Crippen molar-refractivity contribution in [1.29, 1.82) is 0 Å². The molecule has 0 saturated carbocycles. The maximum Gasteiger partial charge on any atom is 0.472 e. The zero-order valence-corrected chi connectivity index (χ0v) is 27.4. The number of hydrogen-bond acceptors (Lipinski definition) is 7. The second kappa shape index (κ2) is 30.7. The van der Waals surface area contributed by atoms with E-state index in [-0.39, 0.29) is 32.3 Å². The van der Waals surface area contributed by atoms with E-state index in [1.165, 1.54) is 83.5 Å².